The minimum absolute atomic E-state index is 0.0311. The van der Waals surface area contributed by atoms with E-state index in [1.807, 2.05) is 6.07 Å². The van der Waals surface area contributed by atoms with E-state index in [0.29, 0.717) is 17.7 Å². The number of hydrogen-bond donors (Lipinski definition) is 1. The minimum Gasteiger partial charge on any atom is -0.352 e. The van der Waals surface area contributed by atoms with Crippen molar-refractivity contribution in [1.82, 2.24) is 10.2 Å². The van der Waals surface area contributed by atoms with E-state index in [1.165, 1.54) is 13.0 Å². The van der Waals surface area contributed by atoms with Crippen molar-refractivity contribution in [3.05, 3.63) is 35.1 Å². The number of nitrogens with zero attached hydrogens (tertiary/aromatic N) is 2. The van der Waals surface area contributed by atoms with Gasteiger partial charge in [0.2, 0.25) is 5.91 Å². The van der Waals surface area contributed by atoms with Crippen LogP contribution < -0.4 is 5.32 Å². The first-order chi connectivity index (χ1) is 9.08. The Balaban J connectivity index is 1.96. The largest absolute Gasteiger partial charge is 0.352 e. The molecule has 1 amide bonds. The van der Waals surface area contributed by atoms with Crippen LogP contribution in [0.5, 0.6) is 0 Å². The van der Waals surface area contributed by atoms with Crippen LogP contribution >= 0.6 is 0 Å². The zero-order chi connectivity index (χ0) is 13.8. The lowest BCUT2D eigenvalue weighted by atomic mass is 10.1. The van der Waals surface area contributed by atoms with Crippen LogP contribution in [0.15, 0.2) is 18.2 Å². The summed E-state index contributed by atoms with van der Waals surface area (Å²) in [7, 11) is 0. The summed E-state index contributed by atoms with van der Waals surface area (Å²) in [6, 6.07) is 6.61. The predicted molar refractivity (Wildman–Crippen MR) is 68.6 cm³/mol. The second kappa shape index (κ2) is 5.81. The van der Waals surface area contributed by atoms with Gasteiger partial charge in [0.25, 0.3) is 0 Å². The fraction of sp³-hybridized carbons (Fsp3) is 0.429. The van der Waals surface area contributed by atoms with Crippen LogP contribution in [-0.2, 0) is 11.3 Å². The van der Waals surface area contributed by atoms with Crippen molar-refractivity contribution in [2.75, 3.05) is 13.1 Å². The maximum atomic E-state index is 13.8. The third-order valence-electron chi connectivity index (χ3n) is 3.26. The van der Waals surface area contributed by atoms with Crippen LogP contribution in [-0.4, -0.2) is 29.9 Å². The topological polar surface area (TPSA) is 56.1 Å². The van der Waals surface area contributed by atoms with Crippen LogP contribution in [0.4, 0.5) is 4.39 Å². The van der Waals surface area contributed by atoms with Crippen LogP contribution in [0.3, 0.4) is 0 Å². The highest BCUT2D eigenvalue weighted by Crippen LogP contribution is 2.16. The Morgan fingerprint density at radius 2 is 2.42 bits per heavy atom. The summed E-state index contributed by atoms with van der Waals surface area (Å²) in [6.45, 7) is 3.58. The molecule has 1 fully saturated rings. The summed E-state index contributed by atoms with van der Waals surface area (Å²) in [5.74, 6) is -0.376. The number of hydrogen-bond acceptors (Lipinski definition) is 3. The maximum absolute atomic E-state index is 13.8. The van der Waals surface area contributed by atoms with Gasteiger partial charge in [-0.3, -0.25) is 9.69 Å². The highest BCUT2D eigenvalue weighted by atomic mass is 19.1. The van der Waals surface area contributed by atoms with Crippen molar-refractivity contribution in [2.24, 2.45) is 0 Å². The molecular formula is C14H16FN3O. The van der Waals surface area contributed by atoms with Gasteiger partial charge < -0.3 is 5.32 Å². The molecule has 19 heavy (non-hydrogen) atoms. The molecule has 1 saturated heterocycles. The van der Waals surface area contributed by atoms with Crippen molar-refractivity contribution >= 4 is 5.91 Å². The first-order valence-electron chi connectivity index (χ1n) is 6.26. The number of nitrogens with one attached hydrogen (secondary N) is 1. The molecule has 1 aromatic rings. The summed E-state index contributed by atoms with van der Waals surface area (Å²) in [6.07, 6.45) is 0.886. The quantitative estimate of drug-likeness (QED) is 0.895. The average molecular weight is 261 g/mol. The van der Waals surface area contributed by atoms with Gasteiger partial charge in [0.1, 0.15) is 5.82 Å². The summed E-state index contributed by atoms with van der Waals surface area (Å²) in [5, 5.41) is 11.6. The smallest absolute Gasteiger partial charge is 0.217 e. The number of benzene rings is 1. The normalized spacial score (nSPS) is 19.1. The highest BCUT2D eigenvalue weighted by Gasteiger charge is 2.23. The lowest BCUT2D eigenvalue weighted by Gasteiger charge is -2.16. The molecule has 0 saturated carbocycles. The molecule has 5 heteroatoms. The maximum Gasteiger partial charge on any atom is 0.217 e. The van der Waals surface area contributed by atoms with Crippen LogP contribution in [0.2, 0.25) is 0 Å². The van der Waals surface area contributed by atoms with E-state index in [0.717, 1.165) is 19.5 Å². The van der Waals surface area contributed by atoms with Gasteiger partial charge in [-0.25, -0.2) is 4.39 Å². The third kappa shape index (κ3) is 3.52. The number of carbonyl (C=O) groups is 1. The Hall–Kier alpha value is -1.93. The van der Waals surface area contributed by atoms with E-state index in [1.54, 1.807) is 12.1 Å². The van der Waals surface area contributed by atoms with E-state index in [-0.39, 0.29) is 17.8 Å². The number of halogens is 1. The van der Waals surface area contributed by atoms with Crippen molar-refractivity contribution in [3.63, 3.8) is 0 Å². The SMILES string of the molecule is CC(=O)NC1CCN(Cc2ccc(C#N)cc2F)C1. The fourth-order valence-corrected chi connectivity index (χ4v) is 2.37. The molecule has 4 nitrogen and oxygen atoms in total. The Morgan fingerprint density at radius 3 is 3.05 bits per heavy atom. The Bertz CT molecular complexity index is 524. The molecule has 1 aliphatic rings. The second-order valence-electron chi connectivity index (χ2n) is 4.84. The van der Waals surface area contributed by atoms with Gasteiger partial charge in [-0.1, -0.05) is 6.07 Å². The van der Waals surface area contributed by atoms with Crippen LogP contribution in [0.1, 0.15) is 24.5 Å². The lowest BCUT2D eigenvalue weighted by molar-refractivity contribution is -0.119. The van der Waals surface area contributed by atoms with Crippen molar-refractivity contribution < 1.29 is 9.18 Å². The van der Waals surface area contributed by atoms with Gasteiger partial charge in [-0.05, 0) is 18.6 Å². The molecule has 1 aliphatic heterocycles. The molecule has 2 rings (SSSR count). The number of amides is 1. The molecule has 0 radical (unpaired) electrons. The first-order valence-corrected chi connectivity index (χ1v) is 6.26. The molecule has 1 N–H and O–H groups in total. The van der Waals surface area contributed by atoms with E-state index < -0.39 is 0 Å². The third-order valence-corrected chi connectivity index (χ3v) is 3.26. The number of nitriles is 1. The van der Waals surface area contributed by atoms with Gasteiger partial charge in [0, 0.05) is 38.2 Å². The molecule has 0 aliphatic carbocycles. The average Bonchev–Trinajstić information content (AvgIpc) is 2.78. The van der Waals surface area contributed by atoms with E-state index >= 15 is 0 Å². The van der Waals surface area contributed by atoms with Gasteiger partial charge in [-0.15, -0.1) is 0 Å². The van der Waals surface area contributed by atoms with Gasteiger partial charge >= 0.3 is 0 Å². The van der Waals surface area contributed by atoms with Crippen LogP contribution in [0, 0.1) is 17.1 Å². The molecule has 0 aromatic heterocycles. The van der Waals surface area contributed by atoms with Gasteiger partial charge in [0.15, 0.2) is 0 Å². The molecular weight excluding hydrogens is 245 g/mol. The summed E-state index contributed by atoms with van der Waals surface area (Å²) < 4.78 is 13.8. The van der Waals surface area contributed by atoms with Gasteiger partial charge in [-0.2, -0.15) is 5.26 Å². The predicted octanol–water partition coefficient (Wildman–Crippen LogP) is 1.41. The fourth-order valence-electron chi connectivity index (χ4n) is 2.37. The van der Waals surface area contributed by atoms with E-state index in [2.05, 4.69) is 10.2 Å². The van der Waals surface area contributed by atoms with Crippen molar-refractivity contribution in [2.45, 2.75) is 25.9 Å². The number of carbonyl (C=O) groups excluding carboxylic acids is 1. The molecule has 0 spiro atoms. The summed E-state index contributed by atoms with van der Waals surface area (Å²) in [4.78, 5) is 13.1. The lowest BCUT2D eigenvalue weighted by Crippen LogP contribution is -2.35. The Labute approximate surface area is 111 Å². The zero-order valence-corrected chi connectivity index (χ0v) is 10.8. The molecule has 1 heterocycles. The number of likely N-dealkylation sites (tertiary alicyclic amines) is 1. The van der Waals surface area contributed by atoms with Crippen molar-refractivity contribution in [1.29, 1.82) is 5.26 Å². The van der Waals surface area contributed by atoms with Gasteiger partial charge in [0.05, 0.1) is 11.6 Å². The minimum atomic E-state index is -0.345. The standard InChI is InChI=1S/C14H16FN3O/c1-10(19)17-13-4-5-18(9-13)8-12-3-2-11(7-16)6-14(12)15/h2-3,6,13H,4-5,8-9H2,1H3,(H,17,19). The van der Waals surface area contributed by atoms with E-state index in [9.17, 15) is 9.18 Å². The molecule has 1 atom stereocenters. The highest BCUT2D eigenvalue weighted by molar-refractivity contribution is 5.73. The summed E-state index contributed by atoms with van der Waals surface area (Å²) >= 11 is 0. The first kappa shape index (κ1) is 13.5. The summed E-state index contributed by atoms with van der Waals surface area (Å²) in [5.41, 5.74) is 0.918. The Kier molecular flexibility index (Phi) is 4.13. The Morgan fingerprint density at radius 1 is 1.63 bits per heavy atom. The monoisotopic (exact) mass is 261 g/mol. The second-order valence-corrected chi connectivity index (χ2v) is 4.84. The van der Waals surface area contributed by atoms with Crippen molar-refractivity contribution in [3.8, 4) is 6.07 Å². The molecule has 1 unspecified atom stereocenters. The molecule has 100 valence electrons. The zero-order valence-electron chi connectivity index (χ0n) is 10.8. The molecule has 1 aromatic carbocycles. The molecule has 0 bridgehead atoms. The number of rotatable bonds is 3. The van der Waals surface area contributed by atoms with Crippen LogP contribution in [0.25, 0.3) is 0 Å². The van der Waals surface area contributed by atoms with E-state index in [4.69, 9.17) is 5.26 Å².